The SMILES string of the molecule is Cc1cnc(NC(=O)c2nccnc2C(=O)O)c(C)n1. The highest BCUT2D eigenvalue weighted by atomic mass is 16.4. The van der Waals surface area contributed by atoms with E-state index in [2.05, 4.69) is 25.3 Å². The average molecular weight is 273 g/mol. The summed E-state index contributed by atoms with van der Waals surface area (Å²) in [7, 11) is 0. The van der Waals surface area contributed by atoms with Gasteiger partial charge in [0.15, 0.2) is 17.2 Å². The number of aromatic carboxylic acids is 1. The van der Waals surface area contributed by atoms with Gasteiger partial charge >= 0.3 is 5.97 Å². The highest BCUT2D eigenvalue weighted by Gasteiger charge is 2.20. The van der Waals surface area contributed by atoms with E-state index in [1.54, 1.807) is 13.8 Å². The summed E-state index contributed by atoms with van der Waals surface area (Å²) in [6.45, 7) is 3.46. The molecule has 8 nitrogen and oxygen atoms in total. The highest BCUT2D eigenvalue weighted by molar-refractivity contribution is 6.08. The molecule has 0 aliphatic heterocycles. The number of carboxylic acid groups (broad SMARTS) is 1. The van der Waals surface area contributed by atoms with Gasteiger partial charge in [0.05, 0.1) is 17.6 Å². The quantitative estimate of drug-likeness (QED) is 0.850. The third-order valence-corrected chi connectivity index (χ3v) is 2.42. The molecule has 2 heterocycles. The minimum atomic E-state index is -1.32. The van der Waals surface area contributed by atoms with Crippen LogP contribution in [0.25, 0.3) is 0 Å². The van der Waals surface area contributed by atoms with E-state index < -0.39 is 17.6 Å². The fourth-order valence-electron chi connectivity index (χ4n) is 1.55. The van der Waals surface area contributed by atoms with Gasteiger partial charge in [0.1, 0.15) is 0 Å². The number of carbonyl (C=O) groups is 2. The van der Waals surface area contributed by atoms with Crippen molar-refractivity contribution in [2.75, 3.05) is 5.32 Å². The zero-order chi connectivity index (χ0) is 14.7. The standard InChI is InChI=1S/C12H11N5O3/c1-6-5-15-10(7(2)16-6)17-11(18)8-9(12(19)20)14-4-3-13-8/h3-5H,1-2H3,(H,19,20)(H,15,17,18). The third kappa shape index (κ3) is 2.74. The fourth-order valence-corrected chi connectivity index (χ4v) is 1.55. The van der Waals surface area contributed by atoms with Crippen LogP contribution in [0.3, 0.4) is 0 Å². The van der Waals surface area contributed by atoms with Crippen molar-refractivity contribution < 1.29 is 14.7 Å². The normalized spacial score (nSPS) is 10.1. The second kappa shape index (κ2) is 5.39. The van der Waals surface area contributed by atoms with E-state index >= 15 is 0 Å². The van der Waals surface area contributed by atoms with Crippen LogP contribution in [0.4, 0.5) is 5.82 Å². The molecule has 1 amide bonds. The highest BCUT2D eigenvalue weighted by Crippen LogP contribution is 2.11. The average Bonchev–Trinajstić information content (AvgIpc) is 2.41. The largest absolute Gasteiger partial charge is 0.476 e. The van der Waals surface area contributed by atoms with Crippen LogP contribution in [0, 0.1) is 13.8 Å². The van der Waals surface area contributed by atoms with Crippen LogP contribution in [0.15, 0.2) is 18.6 Å². The number of nitrogens with one attached hydrogen (secondary N) is 1. The van der Waals surface area contributed by atoms with Crippen LogP contribution in [0.5, 0.6) is 0 Å². The lowest BCUT2D eigenvalue weighted by atomic mass is 10.3. The van der Waals surface area contributed by atoms with Crippen LogP contribution in [0.1, 0.15) is 32.4 Å². The molecule has 0 atom stereocenters. The minimum Gasteiger partial charge on any atom is -0.476 e. The zero-order valence-electron chi connectivity index (χ0n) is 10.8. The van der Waals surface area contributed by atoms with Gasteiger partial charge in [-0.1, -0.05) is 0 Å². The molecule has 102 valence electrons. The van der Waals surface area contributed by atoms with E-state index in [0.717, 1.165) is 0 Å². The Bertz CT molecular complexity index is 687. The molecule has 0 aliphatic rings. The number of aromatic nitrogens is 4. The van der Waals surface area contributed by atoms with Crippen molar-refractivity contribution in [2.24, 2.45) is 0 Å². The van der Waals surface area contributed by atoms with Crippen molar-refractivity contribution in [1.82, 2.24) is 19.9 Å². The topological polar surface area (TPSA) is 118 Å². The molecule has 0 radical (unpaired) electrons. The Morgan fingerprint density at radius 1 is 1.10 bits per heavy atom. The molecule has 8 heteroatoms. The summed E-state index contributed by atoms with van der Waals surface area (Å²) in [4.78, 5) is 38.5. The van der Waals surface area contributed by atoms with E-state index in [4.69, 9.17) is 5.11 Å². The van der Waals surface area contributed by atoms with Gasteiger partial charge < -0.3 is 10.4 Å². The second-order valence-electron chi connectivity index (χ2n) is 3.96. The molecule has 0 spiro atoms. The monoisotopic (exact) mass is 273 g/mol. The van der Waals surface area contributed by atoms with Crippen LogP contribution in [-0.2, 0) is 0 Å². The van der Waals surface area contributed by atoms with E-state index in [1.807, 2.05) is 0 Å². The van der Waals surface area contributed by atoms with Crippen LogP contribution < -0.4 is 5.32 Å². The first kappa shape index (κ1) is 13.5. The fraction of sp³-hybridized carbons (Fsp3) is 0.167. The number of rotatable bonds is 3. The Balaban J connectivity index is 2.31. The summed E-state index contributed by atoms with van der Waals surface area (Å²) in [5, 5.41) is 11.4. The van der Waals surface area contributed by atoms with Gasteiger partial charge in [0.25, 0.3) is 5.91 Å². The van der Waals surface area contributed by atoms with Gasteiger partial charge in [-0.2, -0.15) is 0 Å². The summed E-state index contributed by atoms with van der Waals surface area (Å²) in [6, 6.07) is 0. The van der Waals surface area contributed by atoms with Gasteiger partial charge in [-0.15, -0.1) is 0 Å². The van der Waals surface area contributed by atoms with Crippen LogP contribution >= 0.6 is 0 Å². The molecule has 0 aliphatic carbocycles. The maximum atomic E-state index is 12.0. The molecule has 0 unspecified atom stereocenters. The van der Waals surface area contributed by atoms with E-state index in [1.165, 1.54) is 18.6 Å². The summed E-state index contributed by atoms with van der Waals surface area (Å²) in [5.41, 5.74) is 0.551. The molecule has 2 aromatic rings. The Labute approximate surface area is 113 Å². The van der Waals surface area contributed by atoms with Gasteiger partial charge in [0, 0.05) is 12.4 Å². The van der Waals surface area contributed by atoms with Crippen molar-refractivity contribution in [2.45, 2.75) is 13.8 Å². The van der Waals surface area contributed by atoms with Crippen molar-refractivity contribution in [3.8, 4) is 0 Å². The van der Waals surface area contributed by atoms with Gasteiger partial charge in [-0.3, -0.25) is 9.78 Å². The van der Waals surface area contributed by atoms with E-state index in [9.17, 15) is 9.59 Å². The Morgan fingerprint density at radius 3 is 2.35 bits per heavy atom. The lowest BCUT2D eigenvalue weighted by molar-refractivity contribution is 0.0685. The summed E-state index contributed by atoms with van der Waals surface area (Å²) in [5.74, 6) is -1.77. The molecule has 2 aromatic heterocycles. The first-order chi connectivity index (χ1) is 9.49. The maximum absolute atomic E-state index is 12.0. The smallest absolute Gasteiger partial charge is 0.356 e. The molecule has 0 aromatic carbocycles. The molecule has 0 bridgehead atoms. The number of hydrogen-bond acceptors (Lipinski definition) is 6. The number of carbonyl (C=O) groups excluding carboxylic acids is 1. The van der Waals surface area contributed by atoms with Crippen LogP contribution in [-0.4, -0.2) is 36.9 Å². The number of anilines is 1. The zero-order valence-corrected chi connectivity index (χ0v) is 10.8. The van der Waals surface area contributed by atoms with Gasteiger partial charge in [0.2, 0.25) is 0 Å². The Hall–Kier alpha value is -2.90. The second-order valence-corrected chi connectivity index (χ2v) is 3.96. The molecule has 20 heavy (non-hydrogen) atoms. The summed E-state index contributed by atoms with van der Waals surface area (Å²) >= 11 is 0. The first-order valence-electron chi connectivity index (χ1n) is 5.65. The van der Waals surface area contributed by atoms with Crippen molar-refractivity contribution in [3.05, 3.63) is 41.4 Å². The van der Waals surface area contributed by atoms with E-state index in [0.29, 0.717) is 11.4 Å². The summed E-state index contributed by atoms with van der Waals surface area (Å²) in [6.07, 6.45) is 3.95. The number of aryl methyl sites for hydroxylation is 2. The van der Waals surface area contributed by atoms with Crippen LogP contribution in [0.2, 0.25) is 0 Å². The lowest BCUT2D eigenvalue weighted by Crippen LogP contribution is -2.20. The molecule has 0 fully saturated rings. The predicted octanol–water partition coefficient (Wildman–Crippen LogP) is 0.834. The summed E-state index contributed by atoms with van der Waals surface area (Å²) < 4.78 is 0. The third-order valence-electron chi connectivity index (χ3n) is 2.42. The molecule has 0 saturated carbocycles. The van der Waals surface area contributed by atoms with Gasteiger partial charge in [-0.25, -0.2) is 19.7 Å². The van der Waals surface area contributed by atoms with Crippen molar-refractivity contribution >= 4 is 17.7 Å². The predicted molar refractivity (Wildman–Crippen MR) is 68.5 cm³/mol. The number of carboxylic acids is 1. The van der Waals surface area contributed by atoms with Crippen molar-refractivity contribution in [3.63, 3.8) is 0 Å². The maximum Gasteiger partial charge on any atom is 0.356 e. The Kier molecular flexibility index (Phi) is 3.65. The first-order valence-corrected chi connectivity index (χ1v) is 5.65. The minimum absolute atomic E-state index is 0.252. The van der Waals surface area contributed by atoms with E-state index in [-0.39, 0.29) is 11.5 Å². The Morgan fingerprint density at radius 2 is 1.75 bits per heavy atom. The number of nitrogens with zero attached hydrogens (tertiary/aromatic N) is 4. The molecule has 0 saturated heterocycles. The molecular formula is C12H11N5O3. The molecule has 2 rings (SSSR count). The molecule has 2 N–H and O–H groups in total. The number of hydrogen-bond donors (Lipinski definition) is 2. The molecular weight excluding hydrogens is 262 g/mol. The van der Waals surface area contributed by atoms with Crippen molar-refractivity contribution in [1.29, 1.82) is 0 Å². The lowest BCUT2D eigenvalue weighted by Gasteiger charge is -2.07. The number of amides is 1. The van der Waals surface area contributed by atoms with Gasteiger partial charge in [-0.05, 0) is 13.8 Å².